The zero-order valence-corrected chi connectivity index (χ0v) is 11.5. The van der Waals surface area contributed by atoms with E-state index in [2.05, 4.69) is 10.3 Å². The average molecular weight is 286 g/mol. The molecule has 100 valence electrons. The minimum atomic E-state index is -0.364. The average Bonchev–Trinajstić information content (AvgIpc) is 2.83. The van der Waals surface area contributed by atoms with E-state index in [1.807, 2.05) is 25.1 Å². The van der Waals surface area contributed by atoms with Gasteiger partial charge in [0, 0.05) is 5.56 Å². The minimum Gasteiger partial charge on any atom is -0.298 e. The molecule has 0 unspecified atom stereocenters. The minimum absolute atomic E-state index is 0.290. The normalized spacial score (nSPS) is 10.7. The molecule has 0 saturated carbocycles. The van der Waals surface area contributed by atoms with Crippen molar-refractivity contribution >= 4 is 32.6 Å². The Kier molecular flexibility index (Phi) is 3.20. The smallest absolute Gasteiger partial charge is 0.257 e. The van der Waals surface area contributed by atoms with Crippen LogP contribution in [0.25, 0.3) is 10.2 Å². The fraction of sp³-hybridized carbons (Fsp3) is 0.0667. The van der Waals surface area contributed by atoms with Crippen molar-refractivity contribution in [2.24, 2.45) is 0 Å². The second-order valence-corrected chi connectivity index (χ2v) is 5.43. The number of carbonyl (C=O) groups excluding carboxylic acids is 1. The van der Waals surface area contributed by atoms with E-state index in [4.69, 9.17) is 0 Å². The third-order valence-electron chi connectivity index (χ3n) is 2.95. The fourth-order valence-electron chi connectivity index (χ4n) is 1.91. The molecule has 1 N–H and O–H groups in total. The fourth-order valence-corrected chi connectivity index (χ4v) is 2.85. The summed E-state index contributed by atoms with van der Waals surface area (Å²) in [6, 6.07) is 11.3. The Morgan fingerprint density at radius 1 is 1.20 bits per heavy atom. The van der Waals surface area contributed by atoms with Crippen molar-refractivity contribution in [2.75, 3.05) is 5.32 Å². The number of aromatic nitrogens is 1. The van der Waals surface area contributed by atoms with Crippen molar-refractivity contribution in [1.29, 1.82) is 0 Å². The lowest BCUT2D eigenvalue weighted by Crippen LogP contribution is -2.11. The summed E-state index contributed by atoms with van der Waals surface area (Å²) in [6.07, 6.45) is 0. The summed E-state index contributed by atoms with van der Waals surface area (Å²) in [5, 5.41) is 3.29. The van der Waals surface area contributed by atoms with Crippen LogP contribution in [0.4, 0.5) is 9.52 Å². The molecule has 20 heavy (non-hydrogen) atoms. The van der Waals surface area contributed by atoms with Crippen molar-refractivity contribution < 1.29 is 9.18 Å². The lowest BCUT2D eigenvalue weighted by molar-refractivity contribution is 0.102. The van der Waals surface area contributed by atoms with Crippen LogP contribution in [0.5, 0.6) is 0 Å². The van der Waals surface area contributed by atoms with Gasteiger partial charge in [0.1, 0.15) is 5.82 Å². The van der Waals surface area contributed by atoms with E-state index >= 15 is 0 Å². The van der Waals surface area contributed by atoms with Crippen molar-refractivity contribution in [1.82, 2.24) is 4.98 Å². The van der Waals surface area contributed by atoms with E-state index in [-0.39, 0.29) is 11.7 Å². The third kappa shape index (κ3) is 2.40. The lowest BCUT2D eigenvalue weighted by atomic mass is 10.2. The van der Waals surface area contributed by atoms with Crippen LogP contribution in [0.15, 0.2) is 42.5 Å². The number of carbonyl (C=O) groups is 1. The van der Waals surface area contributed by atoms with Crippen LogP contribution >= 0.6 is 11.3 Å². The van der Waals surface area contributed by atoms with Gasteiger partial charge in [0.15, 0.2) is 5.13 Å². The predicted octanol–water partition coefficient (Wildman–Crippen LogP) is 4.00. The number of fused-ring (bicyclic) bond motifs is 1. The maximum Gasteiger partial charge on any atom is 0.257 e. The largest absolute Gasteiger partial charge is 0.298 e. The van der Waals surface area contributed by atoms with Gasteiger partial charge in [-0.2, -0.15) is 0 Å². The first-order chi connectivity index (χ1) is 9.63. The highest BCUT2D eigenvalue weighted by Crippen LogP contribution is 2.28. The van der Waals surface area contributed by atoms with Gasteiger partial charge in [-0.1, -0.05) is 23.5 Å². The summed E-state index contributed by atoms with van der Waals surface area (Å²) in [4.78, 5) is 16.4. The first-order valence-corrected chi connectivity index (χ1v) is 6.88. The summed E-state index contributed by atoms with van der Waals surface area (Å²) >= 11 is 1.42. The number of benzene rings is 2. The molecule has 0 radical (unpaired) electrons. The molecule has 1 heterocycles. The number of amides is 1. The standard InChI is InChI=1S/C15H11FN2OS/c1-9-3-2-4-12-13(9)17-15(20-12)18-14(19)10-5-7-11(16)8-6-10/h2-8H,1H3,(H,17,18,19). The summed E-state index contributed by atoms with van der Waals surface area (Å²) in [6.45, 7) is 1.98. The molecule has 3 rings (SSSR count). The van der Waals surface area contributed by atoms with Crippen molar-refractivity contribution in [3.05, 3.63) is 59.4 Å². The Bertz CT molecular complexity index is 780. The number of rotatable bonds is 2. The van der Waals surface area contributed by atoms with Crippen LogP contribution in [0, 0.1) is 12.7 Å². The van der Waals surface area contributed by atoms with Crippen LogP contribution < -0.4 is 5.32 Å². The third-order valence-corrected chi connectivity index (χ3v) is 3.88. The van der Waals surface area contributed by atoms with E-state index in [0.29, 0.717) is 10.7 Å². The zero-order chi connectivity index (χ0) is 14.1. The molecule has 0 atom stereocenters. The molecule has 0 fully saturated rings. The van der Waals surface area contributed by atoms with Crippen LogP contribution in [0.1, 0.15) is 15.9 Å². The van der Waals surface area contributed by atoms with Gasteiger partial charge in [-0.05, 0) is 42.8 Å². The van der Waals surface area contributed by atoms with Gasteiger partial charge in [0.2, 0.25) is 0 Å². The zero-order valence-electron chi connectivity index (χ0n) is 10.7. The Morgan fingerprint density at radius 2 is 1.95 bits per heavy atom. The number of hydrogen-bond acceptors (Lipinski definition) is 3. The van der Waals surface area contributed by atoms with E-state index < -0.39 is 0 Å². The number of para-hydroxylation sites is 1. The van der Waals surface area contributed by atoms with Gasteiger partial charge in [-0.15, -0.1) is 0 Å². The molecule has 0 saturated heterocycles. The highest BCUT2D eigenvalue weighted by molar-refractivity contribution is 7.22. The van der Waals surface area contributed by atoms with Crippen LogP contribution in [-0.2, 0) is 0 Å². The number of nitrogens with zero attached hydrogens (tertiary/aromatic N) is 1. The maximum absolute atomic E-state index is 12.8. The summed E-state index contributed by atoms with van der Waals surface area (Å²) in [7, 11) is 0. The second kappa shape index (κ2) is 5.02. The molecule has 0 aliphatic heterocycles. The van der Waals surface area contributed by atoms with E-state index in [9.17, 15) is 9.18 Å². The maximum atomic E-state index is 12.8. The summed E-state index contributed by atoms with van der Waals surface area (Å²) in [5.41, 5.74) is 2.37. The topological polar surface area (TPSA) is 42.0 Å². The molecule has 2 aromatic carbocycles. The molecular weight excluding hydrogens is 275 g/mol. The molecule has 0 aliphatic rings. The summed E-state index contributed by atoms with van der Waals surface area (Å²) < 4.78 is 13.8. The predicted molar refractivity (Wildman–Crippen MR) is 78.7 cm³/mol. The molecule has 1 aromatic heterocycles. The SMILES string of the molecule is Cc1cccc2sc(NC(=O)c3ccc(F)cc3)nc12. The van der Waals surface area contributed by atoms with E-state index in [0.717, 1.165) is 15.8 Å². The lowest BCUT2D eigenvalue weighted by Gasteiger charge is -2.00. The number of thiazole rings is 1. The number of anilines is 1. The van der Waals surface area contributed by atoms with Crippen molar-refractivity contribution in [3.63, 3.8) is 0 Å². The number of nitrogens with one attached hydrogen (secondary N) is 1. The van der Waals surface area contributed by atoms with Crippen molar-refractivity contribution in [3.8, 4) is 0 Å². The first kappa shape index (κ1) is 12.7. The second-order valence-electron chi connectivity index (χ2n) is 4.40. The highest BCUT2D eigenvalue weighted by atomic mass is 32.1. The molecule has 3 aromatic rings. The molecule has 0 spiro atoms. The first-order valence-electron chi connectivity index (χ1n) is 6.06. The molecule has 5 heteroatoms. The molecule has 1 amide bonds. The summed E-state index contributed by atoms with van der Waals surface area (Å²) in [5.74, 6) is -0.654. The quantitative estimate of drug-likeness (QED) is 0.773. The van der Waals surface area contributed by atoms with Gasteiger partial charge in [-0.25, -0.2) is 9.37 Å². The number of aryl methyl sites for hydroxylation is 1. The van der Waals surface area contributed by atoms with Crippen LogP contribution in [0.2, 0.25) is 0 Å². The monoisotopic (exact) mass is 286 g/mol. The molecule has 0 aliphatic carbocycles. The Morgan fingerprint density at radius 3 is 2.65 bits per heavy atom. The molecule has 3 nitrogen and oxygen atoms in total. The number of hydrogen-bond donors (Lipinski definition) is 1. The highest BCUT2D eigenvalue weighted by Gasteiger charge is 2.10. The number of halogens is 1. The van der Waals surface area contributed by atoms with E-state index in [1.165, 1.54) is 35.6 Å². The van der Waals surface area contributed by atoms with Crippen LogP contribution in [0.3, 0.4) is 0 Å². The van der Waals surface area contributed by atoms with Gasteiger partial charge in [-0.3, -0.25) is 10.1 Å². The Balaban J connectivity index is 1.87. The van der Waals surface area contributed by atoms with Gasteiger partial charge in [0.05, 0.1) is 10.2 Å². The Hall–Kier alpha value is -2.27. The molecule has 0 bridgehead atoms. The van der Waals surface area contributed by atoms with Crippen molar-refractivity contribution in [2.45, 2.75) is 6.92 Å². The molecular formula is C15H11FN2OS. The van der Waals surface area contributed by atoms with Gasteiger partial charge < -0.3 is 0 Å². The van der Waals surface area contributed by atoms with Gasteiger partial charge >= 0.3 is 0 Å². The van der Waals surface area contributed by atoms with E-state index in [1.54, 1.807) is 0 Å². The Labute approximate surface area is 119 Å². The van der Waals surface area contributed by atoms with Crippen LogP contribution in [-0.4, -0.2) is 10.9 Å². The van der Waals surface area contributed by atoms with Gasteiger partial charge in [0.25, 0.3) is 5.91 Å².